The molecule has 0 saturated heterocycles. The van der Waals surface area contributed by atoms with Gasteiger partial charge < -0.3 is 5.32 Å². The summed E-state index contributed by atoms with van der Waals surface area (Å²) in [4.78, 5) is 5.17. The molecule has 0 spiro atoms. The molecule has 4 heteroatoms. The van der Waals surface area contributed by atoms with Crippen LogP contribution in [0.25, 0.3) is 0 Å². The van der Waals surface area contributed by atoms with E-state index in [-0.39, 0.29) is 0 Å². The molecule has 0 amide bonds. The van der Waals surface area contributed by atoms with Gasteiger partial charge in [0.1, 0.15) is 6.07 Å². The topological polar surface area (TPSA) is 48.7 Å². The van der Waals surface area contributed by atoms with Crippen LogP contribution in [0.15, 0.2) is 29.9 Å². The van der Waals surface area contributed by atoms with Crippen molar-refractivity contribution in [3.8, 4) is 6.07 Å². The maximum Gasteiger partial charge on any atom is 0.101 e. The third-order valence-corrected chi connectivity index (χ3v) is 3.10. The Hall–Kier alpha value is -1.86. The van der Waals surface area contributed by atoms with E-state index in [0.717, 1.165) is 16.1 Å². The third-order valence-electron chi connectivity index (χ3n) is 2.32. The number of benzene rings is 1. The van der Waals surface area contributed by atoms with Gasteiger partial charge >= 0.3 is 0 Å². The van der Waals surface area contributed by atoms with Crippen LogP contribution >= 0.6 is 11.3 Å². The average molecular weight is 229 g/mol. The van der Waals surface area contributed by atoms with Crippen LogP contribution in [-0.4, -0.2) is 4.98 Å². The molecule has 0 bridgehead atoms. The Morgan fingerprint density at radius 1 is 1.50 bits per heavy atom. The van der Waals surface area contributed by atoms with Crippen LogP contribution in [0.4, 0.5) is 5.69 Å². The zero-order valence-corrected chi connectivity index (χ0v) is 9.71. The molecule has 3 nitrogen and oxygen atoms in total. The van der Waals surface area contributed by atoms with Crippen LogP contribution in [-0.2, 0) is 6.54 Å². The minimum Gasteiger partial charge on any atom is -0.379 e. The van der Waals surface area contributed by atoms with E-state index in [4.69, 9.17) is 5.26 Å². The summed E-state index contributed by atoms with van der Waals surface area (Å²) < 4.78 is 0. The van der Waals surface area contributed by atoms with E-state index >= 15 is 0 Å². The third kappa shape index (κ3) is 2.20. The first kappa shape index (κ1) is 10.7. The highest BCUT2D eigenvalue weighted by molar-refractivity contribution is 7.09. The first-order chi connectivity index (χ1) is 7.81. The van der Waals surface area contributed by atoms with E-state index in [0.29, 0.717) is 12.1 Å². The Morgan fingerprint density at radius 3 is 3.06 bits per heavy atom. The molecule has 2 aromatic rings. The number of aromatic nitrogens is 1. The summed E-state index contributed by atoms with van der Waals surface area (Å²) in [6.45, 7) is 2.71. The molecule has 80 valence electrons. The zero-order valence-electron chi connectivity index (χ0n) is 8.90. The molecule has 1 N–H and O–H groups in total. The van der Waals surface area contributed by atoms with Crippen LogP contribution in [0, 0.1) is 18.3 Å². The van der Waals surface area contributed by atoms with Crippen molar-refractivity contribution < 1.29 is 0 Å². The average Bonchev–Trinajstić information content (AvgIpc) is 2.80. The predicted octanol–water partition coefficient (Wildman–Crippen LogP) is 2.94. The molecule has 16 heavy (non-hydrogen) atoms. The molecule has 2 rings (SSSR count). The van der Waals surface area contributed by atoms with E-state index < -0.39 is 0 Å². The second kappa shape index (κ2) is 4.77. The molecule has 0 saturated carbocycles. The van der Waals surface area contributed by atoms with Gasteiger partial charge in [0, 0.05) is 11.1 Å². The number of para-hydroxylation sites is 1. The number of nitrogens with zero attached hydrogens (tertiary/aromatic N) is 2. The molecular formula is C12H11N3S. The lowest BCUT2D eigenvalue weighted by molar-refractivity contribution is 1.16. The Kier molecular flexibility index (Phi) is 3.18. The van der Waals surface area contributed by atoms with Crippen LogP contribution in [0.5, 0.6) is 0 Å². The number of nitrogens with one attached hydrogen (secondary N) is 1. The largest absolute Gasteiger partial charge is 0.379 e. The highest BCUT2D eigenvalue weighted by Crippen LogP contribution is 2.20. The molecule has 0 radical (unpaired) electrons. The normalized spacial score (nSPS) is 9.75. The predicted molar refractivity (Wildman–Crippen MR) is 65.3 cm³/mol. The number of hydrogen-bond donors (Lipinski definition) is 1. The van der Waals surface area contributed by atoms with Gasteiger partial charge in [0.2, 0.25) is 0 Å². The lowest BCUT2D eigenvalue weighted by Crippen LogP contribution is -2.01. The maximum absolute atomic E-state index is 9.00. The number of hydrogen-bond acceptors (Lipinski definition) is 4. The number of anilines is 1. The van der Waals surface area contributed by atoms with Crippen LogP contribution < -0.4 is 5.32 Å². The fourth-order valence-electron chi connectivity index (χ4n) is 1.50. The van der Waals surface area contributed by atoms with Gasteiger partial charge in [0.05, 0.1) is 23.3 Å². The van der Waals surface area contributed by atoms with E-state index in [9.17, 15) is 0 Å². The van der Waals surface area contributed by atoms with E-state index in [2.05, 4.69) is 16.4 Å². The molecule has 0 aliphatic carbocycles. The summed E-state index contributed by atoms with van der Waals surface area (Å²) in [5, 5.41) is 12.3. The molecule has 0 aliphatic rings. The SMILES string of the molecule is Cc1cccc(C#N)c1NCc1cncs1. The van der Waals surface area contributed by atoms with Crippen LogP contribution in [0.2, 0.25) is 0 Å². The first-order valence-electron chi connectivity index (χ1n) is 4.92. The first-order valence-corrected chi connectivity index (χ1v) is 5.80. The van der Waals surface area contributed by atoms with Crippen LogP contribution in [0.1, 0.15) is 16.0 Å². The molecule has 0 aliphatic heterocycles. The summed E-state index contributed by atoms with van der Waals surface area (Å²) in [5.41, 5.74) is 4.49. The van der Waals surface area contributed by atoms with Gasteiger partial charge in [-0.05, 0) is 18.6 Å². The molecule has 1 heterocycles. The summed E-state index contributed by atoms with van der Waals surface area (Å²) in [6.07, 6.45) is 1.84. The molecule has 0 fully saturated rings. The quantitative estimate of drug-likeness (QED) is 0.880. The van der Waals surface area contributed by atoms with Crippen molar-refractivity contribution >= 4 is 17.0 Å². The van der Waals surface area contributed by atoms with Gasteiger partial charge in [-0.2, -0.15) is 5.26 Å². The standard InChI is InChI=1S/C12H11N3S/c1-9-3-2-4-10(5-13)12(9)15-7-11-6-14-8-16-11/h2-4,6,8,15H,7H2,1H3. The Balaban J connectivity index is 2.18. The van der Waals surface area contributed by atoms with Crippen molar-refractivity contribution in [2.75, 3.05) is 5.32 Å². The molecule has 1 aromatic carbocycles. The highest BCUT2D eigenvalue weighted by Gasteiger charge is 2.04. The Bertz CT molecular complexity index is 512. The van der Waals surface area contributed by atoms with E-state index in [1.165, 1.54) is 0 Å². The molecule has 0 atom stereocenters. The lowest BCUT2D eigenvalue weighted by Gasteiger charge is -2.09. The van der Waals surface area contributed by atoms with Crippen LogP contribution in [0.3, 0.4) is 0 Å². The molecular weight excluding hydrogens is 218 g/mol. The summed E-state index contributed by atoms with van der Waals surface area (Å²) >= 11 is 1.60. The van der Waals surface area contributed by atoms with Gasteiger partial charge in [0.15, 0.2) is 0 Å². The fraction of sp³-hybridized carbons (Fsp3) is 0.167. The van der Waals surface area contributed by atoms with Crippen molar-refractivity contribution in [2.45, 2.75) is 13.5 Å². The fourth-order valence-corrected chi connectivity index (χ4v) is 2.03. The van der Waals surface area contributed by atoms with Gasteiger partial charge in [-0.25, -0.2) is 0 Å². The smallest absolute Gasteiger partial charge is 0.101 e. The van der Waals surface area contributed by atoms with Gasteiger partial charge in [0.25, 0.3) is 0 Å². The number of nitriles is 1. The second-order valence-corrected chi connectivity index (χ2v) is 4.40. The van der Waals surface area contributed by atoms with Crippen molar-refractivity contribution in [2.24, 2.45) is 0 Å². The Labute approximate surface area is 98.4 Å². The lowest BCUT2D eigenvalue weighted by atomic mass is 10.1. The number of rotatable bonds is 3. The maximum atomic E-state index is 9.00. The molecule has 0 unspecified atom stereocenters. The summed E-state index contributed by atoms with van der Waals surface area (Å²) in [6, 6.07) is 7.90. The van der Waals surface area contributed by atoms with Crippen molar-refractivity contribution in [3.05, 3.63) is 45.9 Å². The van der Waals surface area contributed by atoms with Crippen molar-refractivity contribution in [1.82, 2.24) is 4.98 Å². The van der Waals surface area contributed by atoms with E-state index in [1.807, 2.05) is 31.3 Å². The highest BCUT2D eigenvalue weighted by atomic mass is 32.1. The summed E-state index contributed by atoms with van der Waals surface area (Å²) in [7, 11) is 0. The van der Waals surface area contributed by atoms with Crippen molar-refractivity contribution in [1.29, 1.82) is 5.26 Å². The monoisotopic (exact) mass is 229 g/mol. The Morgan fingerprint density at radius 2 is 2.38 bits per heavy atom. The second-order valence-electron chi connectivity index (χ2n) is 3.43. The van der Waals surface area contributed by atoms with Gasteiger partial charge in [-0.1, -0.05) is 12.1 Å². The van der Waals surface area contributed by atoms with E-state index in [1.54, 1.807) is 16.8 Å². The molecule has 1 aromatic heterocycles. The number of thiazole rings is 1. The van der Waals surface area contributed by atoms with Crippen molar-refractivity contribution in [3.63, 3.8) is 0 Å². The van der Waals surface area contributed by atoms with Gasteiger partial charge in [-0.15, -0.1) is 11.3 Å². The van der Waals surface area contributed by atoms with Gasteiger partial charge in [-0.3, -0.25) is 4.98 Å². The zero-order chi connectivity index (χ0) is 11.4. The minimum absolute atomic E-state index is 0.685. The number of aryl methyl sites for hydroxylation is 1. The minimum atomic E-state index is 0.685. The summed E-state index contributed by atoms with van der Waals surface area (Å²) in [5.74, 6) is 0.